The molecule has 0 saturated heterocycles. The summed E-state index contributed by atoms with van der Waals surface area (Å²) in [6.45, 7) is 2.19. The minimum Gasteiger partial charge on any atom is -0.420 e. The van der Waals surface area contributed by atoms with Crippen molar-refractivity contribution in [1.82, 2.24) is 10.2 Å². The van der Waals surface area contributed by atoms with Crippen LogP contribution < -0.4 is 10.5 Å². The Hall–Kier alpha value is -2.74. The number of ether oxygens (including phenoxy) is 1. The van der Waals surface area contributed by atoms with E-state index in [0.717, 1.165) is 36.1 Å². The monoisotopic (exact) mass is 322 g/mol. The van der Waals surface area contributed by atoms with Crippen molar-refractivity contribution >= 4 is 0 Å². The van der Waals surface area contributed by atoms with Gasteiger partial charge in [-0.25, -0.2) is 0 Å². The lowest BCUT2D eigenvalue weighted by Gasteiger charge is -2.23. The van der Waals surface area contributed by atoms with E-state index in [1.165, 1.54) is 12.8 Å². The molecule has 5 heteroatoms. The Morgan fingerprint density at radius 3 is 2.75 bits per heavy atom. The van der Waals surface area contributed by atoms with E-state index in [9.17, 15) is 5.26 Å². The van der Waals surface area contributed by atoms with Crippen LogP contribution in [-0.4, -0.2) is 10.2 Å². The van der Waals surface area contributed by atoms with Gasteiger partial charge in [-0.05, 0) is 12.0 Å². The van der Waals surface area contributed by atoms with E-state index < -0.39 is 0 Å². The third kappa shape index (κ3) is 3.00. The number of rotatable bonds is 6. The molecule has 1 aliphatic heterocycles. The smallest absolute Gasteiger partial charge is 0.244 e. The quantitative estimate of drug-likeness (QED) is 0.779. The van der Waals surface area contributed by atoms with Crippen molar-refractivity contribution in [2.75, 3.05) is 0 Å². The number of unbranched alkanes of at least 4 members (excludes halogenated alkanes) is 3. The Morgan fingerprint density at radius 2 is 2.04 bits per heavy atom. The van der Waals surface area contributed by atoms with E-state index in [0.29, 0.717) is 11.5 Å². The van der Waals surface area contributed by atoms with Gasteiger partial charge in [0.1, 0.15) is 6.07 Å². The van der Waals surface area contributed by atoms with Gasteiger partial charge in [0.2, 0.25) is 11.8 Å². The number of benzene rings is 1. The largest absolute Gasteiger partial charge is 0.420 e. The van der Waals surface area contributed by atoms with Crippen LogP contribution in [-0.2, 0) is 0 Å². The van der Waals surface area contributed by atoms with Crippen LogP contribution in [0.5, 0.6) is 5.88 Å². The van der Waals surface area contributed by atoms with Crippen molar-refractivity contribution < 1.29 is 4.74 Å². The molecule has 2 heterocycles. The number of hydrogen-bond donors (Lipinski definition) is 2. The maximum Gasteiger partial charge on any atom is 0.244 e. The molecule has 124 valence electrons. The molecule has 0 fully saturated rings. The highest BCUT2D eigenvalue weighted by Crippen LogP contribution is 2.44. The topological polar surface area (TPSA) is 87.7 Å². The Bertz CT molecular complexity index is 770. The molecule has 3 rings (SSSR count). The van der Waals surface area contributed by atoms with Crippen molar-refractivity contribution in [2.24, 2.45) is 5.73 Å². The summed E-state index contributed by atoms with van der Waals surface area (Å²) in [5, 5.41) is 16.9. The summed E-state index contributed by atoms with van der Waals surface area (Å²) in [5.74, 6) is 0.604. The number of fused-ring (bicyclic) bond motifs is 1. The highest BCUT2D eigenvalue weighted by molar-refractivity contribution is 5.68. The molecule has 0 radical (unpaired) electrons. The molecule has 1 aliphatic rings. The molecule has 0 spiro atoms. The number of aromatic nitrogens is 2. The van der Waals surface area contributed by atoms with Gasteiger partial charge in [-0.2, -0.15) is 5.26 Å². The zero-order chi connectivity index (χ0) is 16.9. The summed E-state index contributed by atoms with van der Waals surface area (Å²) in [6.07, 6.45) is 5.46. The lowest BCUT2D eigenvalue weighted by Crippen LogP contribution is -2.20. The average Bonchev–Trinajstić information content (AvgIpc) is 3.02. The van der Waals surface area contributed by atoms with Crippen LogP contribution in [0.25, 0.3) is 11.3 Å². The number of nitrogens with two attached hydrogens (primary N) is 1. The summed E-state index contributed by atoms with van der Waals surface area (Å²) >= 11 is 0. The van der Waals surface area contributed by atoms with Crippen molar-refractivity contribution in [3.05, 3.63) is 47.4 Å². The number of hydrogen-bond acceptors (Lipinski definition) is 4. The molecule has 3 N–H and O–H groups in total. The van der Waals surface area contributed by atoms with Crippen molar-refractivity contribution in [3.8, 4) is 23.2 Å². The van der Waals surface area contributed by atoms with Crippen molar-refractivity contribution in [1.29, 1.82) is 5.26 Å². The van der Waals surface area contributed by atoms with Gasteiger partial charge < -0.3 is 10.5 Å². The molecular formula is C19H22N4O. The number of nitriles is 1. The molecule has 0 amide bonds. The summed E-state index contributed by atoms with van der Waals surface area (Å²) < 4.78 is 5.59. The van der Waals surface area contributed by atoms with Crippen LogP contribution in [0.3, 0.4) is 0 Å². The molecule has 1 aromatic heterocycles. The maximum atomic E-state index is 9.56. The first-order valence-corrected chi connectivity index (χ1v) is 8.47. The first kappa shape index (κ1) is 16.1. The van der Waals surface area contributed by atoms with Crippen molar-refractivity contribution in [2.45, 2.75) is 44.9 Å². The Kier molecular flexibility index (Phi) is 4.85. The van der Waals surface area contributed by atoms with Crippen LogP contribution in [0, 0.1) is 11.3 Å². The van der Waals surface area contributed by atoms with E-state index in [1.54, 1.807) is 0 Å². The fourth-order valence-corrected chi connectivity index (χ4v) is 3.23. The summed E-state index contributed by atoms with van der Waals surface area (Å²) in [5.41, 5.74) is 9.36. The second-order valence-electron chi connectivity index (χ2n) is 6.08. The fraction of sp³-hybridized carbons (Fsp3) is 0.368. The van der Waals surface area contributed by atoms with Gasteiger partial charge in [0, 0.05) is 5.92 Å². The van der Waals surface area contributed by atoms with Gasteiger partial charge in [-0.1, -0.05) is 62.9 Å². The molecule has 1 aromatic carbocycles. The predicted octanol–water partition coefficient (Wildman–Crippen LogP) is 4.22. The van der Waals surface area contributed by atoms with Gasteiger partial charge >= 0.3 is 0 Å². The Balaban J connectivity index is 1.97. The van der Waals surface area contributed by atoms with E-state index >= 15 is 0 Å². The lowest BCUT2D eigenvalue weighted by molar-refractivity contribution is 0.370. The zero-order valence-corrected chi connectivity index (χ0v) is 13.9. The third-order valence-electron chi connectivity index (χ3n) is 4.47. The molecule has 0 aliphatic carbocycles. The molecule has 0 bridgehead atoms. The van der Waals surface area contributed by atoms with Gasteiger partial charge in [-0.15, -0.1) is 5.10 Å². The molecule has 2 aromatic rings. The zero-order valence-electron chi connectivity index (χ0n) is 13.9. The number of H-pyrrole nitrogens is 1. The predicted molar refractivity (Wildman–Crippen MR) is 93.0 cm³/mol. The van der Waals surface area contributed by atoms with Crippen LogP contribution >= 0.6 is 0 Å². The molecule has 0 unspecified atom stereocenters. The highest BCUT2D eigenvalue weighted by Gasteiger charge is 2.33. The normalized spacial score (nSPS) is 16.4. The number of nitrogens with zero attached hydrogens (tertiary/aromatic N) is 2. The second-order valence-corrected chi connectivity index (χ2v) is 6.08. The van der Waals surface area contributed by atoms with Gasteiger partial charge in [0.25, 0.3) is 0 Å². The van der Waals surface area contributed by atoms with E-state index in [4.69, 9.17) is 10.5 Å². The molecule has 5 nitrogen and oxygen atoms in total. The van der Waals surface area contributed by atoms with Gasteiger partial charge in [-0.3, -0.25) is 5.10 Å². The summed E-state index contributed by atoms with van der Waals surface area (Å²) in [6, 6.07) is 12.2. The van der Waals surface area contributed by atoms with Crippen LogP contribution in [0.1, 0.15) is 50.5 Å². The summed E-state index contributed by atoms with van der Waals surface area (Å²) in [7, 11) is 0. The van der Waals surface area contributed by atoms with E-state index in [2.05, 4.69) is 23.2 Å². The number of allylic oxidation sites excluding steroid dienone is 1. The average molecular weight is 322 g/mol. The highest BCUT2D eigenvalue weighted by atomic mass is 16.5. The number of aromatic amines is 1. The molecule has 1 atom stereocenters. The second kappa shape index (κ2) is 7.22. The molecular weight excluding hydrogens is 300 g/mol. The van der Waals surface area contributed by atoms with Crippen molar-refractivity contribution in [3.63, 3.8) is 0 Å². The van der Waals surface area contributed by atoms with Gasteiger partial charge in [0.05, 0.1) is 16.8 Å². The number of nitrogens with one attached hydrogen (secondary N) is 1. The van der Waals surface area contributed by atoms with Crippen LogP contribution in [0.15, 0.2) is 41.8 Å². The van der Waals surface area contributed by atoms with E-state index in [-0.39, 0.29) is 11.8 Å². The van der Waals surface area contributed by atoms with Crippen LogP contribution in [0.2, 0.25) is 0 Å². The Labute approximate surface area is 142 Å². The third-order valence-corrected chi connectivity index (χ3v) is 4.47. The summed E-state index contributed by atoms with van der Waals surface area (Å²) in [4.78, 5) is 0. The first-order chi connectivity index (χ1) is 11.8. The fourth-order valence-electron chi connectivity index (χ4n) is 3.23. The van der Waals surface area contributed by atoms with Crippen LogP contribution in [0.4, 0.5) is 0 Å². The standard InChI is InChI=1S/C19H22N4O/c1-2-3-4-8-11-14-15(12-20)18(21)24-19-16(14)17(22-23-19)13-9-6-5-7-10-13/h5-7,9-10,14H,2-4,8,11,21H2,1H3,(H,22,23)/t14-/m1/s1. The minimum atomic E-state index is -0.0652. The maximum absolute atomic E-state index is 9.56. The van der Waals surface area contributed by atoms with Gasteiger partial charge in [0.15, 0.2) is 0 Å². The Morgan fingerprint density at radius 1 is 1.25 bits per heavy atom. The minimum absolute atomic E-state index is 0.0652. The van der Waals surface area contributed by atoms with E-state index in [1.807, 2.05) is 30.3 Å². The first-order valence-electron chi connectivity index (χ1n) is 8.47. The SMILES string of the molecule is CCCCCC[C@@H]1C(C#N)=C(N)Oc2n[nH]c(-c3ccccc3)c21. The molecule has 24 heavy (non-hydrogen) atoms. The molecule has 0 saturated carbocycles. The lowest BCUT2D eigenvalue weighted by atomic mass is 9.84.